The lowest BCUT2D eigenvalue weighted by molar-refractivity contribution is 0.0526. The van der Waals surface area contributed by atoms with E-state index in [4.69, 9.17) is 4.74 Å². The molecule has 0 aliphatic carbocycles. The fourth-order valence-electron chi connectivity index (χ4n) is 3.22. The summed E-state index contributed by atoms with van der Waals surface area (Å²) < 4.78 is 31.3. The number of rotatable bonds is 5. The highest BCUT2D eigenvalue weighted by atomic mass is 32.2. The van der Waals surface area contributed by atoms with Gasteiger partial charge >= 0.3 is 5.97 Å². The minimum absolute atomic E-state index is 0.115. The van der Waals surface area contributed by atoms with Crippen LogP contribution in [0.5, 0.6) is 0 Å². The van der Waals surface area contributed by atoms with Crippen LogP contribution in [0.1, 0.15) is 46.0 Å². The van der Waals surface area contributed by atoms with Gasteiger partial charge < -0.3 is 10.1 Å². The number of amides is 1. The van der Waals surface area contributed by atoms with Crippen LogP contribution in [0.15, 0.2) is 42.5 Å². The minimum Gasteiger partial charge on any atom is -0.462 e. The Morgan fingerprint density at radius 3 is 2.62 bits per heavy atom. The third-order valence-electron chi connectivity index (χ3n) is 4.72. The molecule has 0 aromatic heterocycles. The van der Waals surface area contributed by atoms with Crippen LogP contribution < -0.4 is 9.62 Å². The standard InChI is InChI=1S/C21H24N2O5S/c1-3-28-21(25)17-7-6-8-18(13-17)22-20(24)16-10-9-15(2)19(14-16)23-11-4-5-12-29(23,26)27/h6-10,13-14H,3-5,11-12H2,1-2H3,(H,22,24). The first kappa shape index (κ1) is 20.9. The van der Waals surface area contributed by atoms with Crippen LogP contribution in [0.2, 0.25) is 0 Å². The zero-order chi connectivity index (χ0) is 21.0. The summed E-state index contributed by atoms with van der Waals surface area (Å²) >= 11 is 0. The summed E-state index contributed by atoms with van der Waals surface area (Å²) in [6, 6.07) is 11.5. The van der Waals surface area contributed by atoms with Crippen LogP contribution in [0.25, 0.3) is 0 Å². The molecule has 1 heterocycles. The van der Waals surface area contributed by atoms with E-state index in [2.05, 4.69) is 5.32 Å². The van der Waals surface area contributed by atoms with Gasteiger partial charge in [-0.3, -0.25) is 9.10 Å². The van der Waals surface area contributed by atoms with E-state index in [1.54, 1.807) is 49.4 Å². The summed E-state index contributed by atoms with van der Waals surface area (Å²) in [5, 5.41) is 2.75. The lowest BCUT2D eigenvalue weighted by atomic mass is 10.1. The van der Waals surface area contributed by atoms with Gasteiger partial charge in [0.1, 0.15) is 0 Å². The average molecular weight is 416 g/mol. The van der Waals surface area contributed by atoms with Gasteiger partial charge in [0.05, 0.1) is 23.6 Å². The Balaban J connectivity index is 1.84. The number of anilines is 2. The number of aryl methyl sites for hydroxylation is 1. The Bertz CT molecular complexity index is 1030. The fourth-order valence-corrected chi connectivity index (χ4v) is 4.91. The molecular formula is C21H24N2O5S. The summed E-state index contributed by atoms with van der Waals surface area (Å²) in [5.41, 5.74) is 2.45. The van der Waals surface area contributed by atoms with Crippen molar-refractivity contribution in [1.82, 2.24) is 0 Å². The number of carbonyl (C=O) groups is 2. The zero-order valence-electron chi connectivity index (χ0n) is 16.5. The molecule has 1 fully saturated rings. The van der Waals surface area contributed by atoms with Gasteiger partial charge in [0.15, 0.2) is 0 Å². The number of nitrogens with one attached hydrogen (secondary N) is 1. The highest BCUT2D eigenvalue weighted by Gasteiger charge is 2.27. The first-order chi connectivity index (χ1) is 13.8. The van der Waals surface area contributed by atoms with Crippen LogP contribution in [0.4, 0.5) is 11.4 Å². The number of nitrogens with zero attached hydrogens (tertiary/aromatic N) is 1. The Kier molecular flexibility index (Phi) is 6.22. The quantitative estimate of drug-likeness (QED) is 0.755. The van der Waals surface area contributed by atoms with Crippen molar-refractivity contribution in [1.29, 1.82) is 0 Å². The van der Waals surface area contributed by atoms with Gasteiger partial charge in [-0.05, 0) is 62.6 Å². The zero-order valence-corrected chi connectivity index (χ0v) is 17.3. The molecule has 3 rings (SSSR count). The summed E-state index contributed by atoms with van der Waals surface area (Å²) in [7, 11) is -3.37. The highest BCUT2D eigenvalue weighted by Crippen LogP contribution is 2.28. The summed E-state index contributed by atoms with van der Waals surface area (Å²) in [6.45, 7) is 4.22. The fraction of sp³-hybridized carbons (Fsp3) is 0.333. The summed E-state index contributed by atoms with van der Waals surface area (Å²) in [4.78, 5) is 24.6. The molecule has 2 aromatic carbocycles. The van der Waals surface area contributed by atoms with Crippen LogP contribution in [-0.2, 0) is 14.8 Å². The maximum absolute atomic E-state index is 12.7. The van der Waals surface area contributed by atoms with Gasteiger partial charge in [-0.2, -0.15) is 0 Å². The molecule has 0 saturated carbocycles. The van der Waals surface area contributed by atoms with Crippen molar-refractivity contribution in [2.75, 3.05) is 28.5 Å². The molecule has 29 heavy (non-hydrogen) atoms. The Morgan fingerprint density at radius 1 is 1.10 bits per heavy atom. The predicted octanol–water partition coefficient (Wildman–Crippen LogP) is 3.35. The van der Waals surface area contributed by atoms with Gasteiger partial charge in [-0.15, -0.1) is 0 Å². The second kappa shape index (κ2) is 8.65. The minimum atomic E-state index is -3.37. The van der Waals surface area contributed by atoms with E-state index >= 15 is 0 Å². The Labute approximate surface area is 170 Å². The monoisotopic (exact) mass is 416 g/mol. The van der Waals surface area contributed by atoms with Crippen LogP contribution in [0, 0.1) is 6.92 Å². The first-order valence-electron chi connectivity index (χ1n) is 9.51. The van der Waals surface area contributed by atoms with Crippen LogP contribution >= 0.6 is 0 Å². The van der Waals surface area contributed by atoms with E-state index in [0.717, 1.165) is 12.0 Å². The summed E-state index contributed by atoms with van der Waals surface area (Å²) in [5.74, 6) is -0.734. The number of hydrogen-bond acceptors (Lipinski definition) is 5. The largest absolute Gasteiger partial charge is 0.462 e. The molecule has 2 aromatic rings. The van der Waals surface area contributed by atoms with Crippen molar-refractivity contribution >= 4 is 33.3 Å². The van der Waals surface area contributed by atoms with Crippen molar-refractivity contribution in [3.63, 3.8) is 0 Å². The lowest BCUT2D eigenvalue weighted by Gasteiger charge is -2.29. The number of esters is 1. The normalized spacial score (nSPS) is 15.6. The Morgan fingerprint density at radius 2 is 1.90 bits per heavy atom. The lowest BCUT2D eigenvalue weighted by Crippen LogP contribution is -2.38. The molecule has 8 heteroatoms. The number of hydrogen-bond donors (Lipinski definition) is 1. The maximum atomic E-state index is 12.7. The third-order valence-corrected chi connectivity index (χ3v) is 6.58. The third kappa shape index (κ3) is 4.76. The van der Waals surface area contributed by atoms with Crippen LogP contribution in [-0.4, -0.2) is 39.2 Å². The molecule has 1 N–H and O–H groups in total. The van der Waals surface area contributed by atoms with Gasteiger partial charge in [-0.1, -0.05) is 12.1 Å². The highest BCUT2D eigenvalue weighted by molar-refractivity contribution is 7.92. The number of sulfonamides is 1. The van der Waals surface area contributed by atoms with E-state index in [-0.39, 0.29) is 18.3 Å². The van der Waals surface area contributed by atoms with Crippen molar-refractivity contribution in [2.24, 2.45) is 0 Å². The predicted molar refractivity (Wildman–Crippen MR) is 112 cm³/mol. The second-order valence-corrected chi connectivity index (χ2v) is 8.86. The molecule has 0 unspecified atom stereocenters. The van der Waals surface area contributed by atoms with E-state index in [1.165, 1.54) is 4.31 Å². The van der Waals surface area contributed by atoms with E-state index in [9.17, 15) is 18.0 Å². The summed E-state index contributed by atoms with van der Waals surface area (Å²) in [6.07, 6.45) is 1.44. The van der Waals surface area contributed by atoms with E-state index in [1.807, 2.05) is 6.92 Å². The van der Waals surface area contributed by atoms with Crippen molar-refractivity contribution in [3.05, 3.63) is 59.2 Å². The van der Waals surface area contributed by atoms with Gasteiger partial charge in [0.25, 0.3) is 5.91 Å². The number of carbonyl (C=O) groups excluding carboxylic acids is 2. The number of benzene rings is 2. The molecular weight excluding hydrogens is 392 g/mol. The molecule has 1 aliphatic rings. The smallest absolute Gasteiger partial charge is 0.338 e. The van der Waals surface area contributed by atoms with Gasteiger partial charge in [0, 0.05) is 17.8 Å². The van der Waals surface area contributed by atoms with Crippen molar-refractivity contribution < 1.29 is 22.7 Å². The number of ether oxygens (including phenoxy) is 1. The molecule has 0 radical (unpaired) electrons. The van der Waals surface area contributed by atoms with E-state index in [0.29, 0.717) is 35.5 Å². The molecule has 0 bridgehead atoms. The first-order valence-corrected chi connectivity index (χ1v) is 11.1. The maximum Gasteiger partial charge on any atom is 0.338 e. The Hall–Kier alpha value is -2.87. The van der Waals surface area contributed by atoms with Gasteiger partial charge in [0.2, 0.25) is 10.0 Å². The molecule has 1 aliphatic heterocycles. The topological polar surface area (TPSA) is 92.8 Å². The molecule has 1 saturated heterocycles. The second-order valence-electron chi connectivity index (χ2n) is 6.85. The molecule has 0 atom stereocenters. The van der Waals surface area contributed by atoms with Crippen molar-refractivity contribution in [3.8, 4) is 0 Å². The molecule has 154 valence electrons. The molecule has 0 spiro atoms. The van der Waals surface area contributed by atoms with Crippen molar-refractivity contribution in [2.45, 2.75) is 26.7 Å². The average Bonchev–Trinajstić information content (AvgIpc) is 2.69. The molecule has 7 nitrogen and oxygen atoms in total. The van der Waals surface area contributed by atoms with E-state index < -0.39 is 16.0 Å². The molecule has 1 amide bonds. The SMILES string of the molecule is CCOC(=O)c1cccc(NC(=O)c2ccc(C)c(N3CCCCS3(=O)=O)c2)c1. The van der Waals surface area contributed by atoms with Gasteiger partial charge in [-0.25, -0.2) is 13.2 Å². The van der Waals surface area contributed by atoms with Crippen LogP contribution in [0.3, 0.4) is 0 Å².